The summed E-state index contributed by atoms with van der Waals surface area (Å²) in [7, 11) is 0. The lowest BCUT2D eigenvalue weighted by atomic mass is 9.94. The normalized spacial score (nSPS) is 14.4. The fourth-order valence-corrected chi connectivity index (χ4v) is 2.14. The molecule has 3 N–H and O–H groups in total. The second-order valence-electron chi connectivity index (χ2n) is 5.20. The molecule has 0 aliphatic heterocycles. The van der Waals surface area contributed by atoms with E-state index in [1.807, 2.05) is 42.5 Å². The predicted molar refractivity (Wildman–Crippen MR) is 78.9 cm³/mol. The highest BCUT2D eigenvalue weighted by atomic mass is 16.3. The summed E-state index contributed by atoms with van der Waals surface area (Å²) in [6.07, 6.45) is -0.677. The van der Waals surface area contributed by atoms with Gasteiger partial charge in [-0.25, -0.2) is 0 Å². The van der Waals surface area contributed by atoms with Crippen LogP contribution in [0.25, 0.3) is 0 Å². The molecule has 2 aromatic rings. The molecule has 0 aliphatic carbocycles. The van der Waals surface area contributed by atoms with Gasteiger partial charge in [0.1, 0.15) is 0 Å². The van der Waals surface area contributed by atoms with E-state index in [-0.39, 0.29) is 0 Å². The SMILES string of the molecule is CC(C)c1ccc(C(O)C(N)c2ccccc2)cc1. The molecule has 2 atom stereocenters. The zero-order valence-corrected chi connectivity index (χ0v) is 11.5. The lowest BCUT2D eigenvalue weighted by Crippen LogP contribution is -2.19. The van der Waals surface area contributed by atoms with Crippen molar-refractivity contribution in [2.24, 2.45) is 5.73 Å². The lowest BCUT2D eigenvalue weighted by Gasteiger charge is -2.20. The lowest BCUT2D eigenvalue weighted by molar-refractivity contribution is 0.147. The fourth-order valence-electron chi connectivity index (χ4n) is 2.14. The average molecular weight is 255 g/mol. The summed E-state index contributed by atoms with van der Waals surface area (Å²) in [5, 5.41) is 10.3. The summed E-state index contributed by atoms with van der Waals surface area (Å²) < 4.78 is 0. The van der Waals surface area contributed by atoms with Crippen molar-refractivity contribution in [2.45, 2.75) is 31.9 Å². The third kappa shape index (κ3) is 3.22. The van der Waals surface area contributed by atoms with Gasteiger partial charge in [-0.05, 0) is 22.6 Å². The van der Waals surface area contributed by atoms with E-state index in [0.717, 1.165) is 11.1 Å². The van der Waals surface area contributed by atoms with Crippen molar-refractivity contribution >= 4 is 0 Å². The molecule has 0 saturated carbocycles. The summed E-state index contributed by atoms with van der Waals surface area (Å²) in [6.45, 7) is 4.31. The van der Waals surface area contributed by atoms with Gasteiger partial charge >= 0.3 is 0 Å². The average Bonchev–Trinajstić information content (AvgIpc) is 2.46. The molecule has 0 aromatic heterocycles. The molecule has 100 valence electrons. The molecule has 0 fully saturated rings. The first kappa shape index (κ1) is 13.8. The molecule has 0 radical (unpaired) electrons. The van der Waals surface area contributed by atoms with Crippen LogP contribution < -0.4 is 5.73 Å². The monoisotopic (exact) mass is 255 g/mol. The molecule has 2 unspecified atom stereocenters. The zero-order valence-electron chi connectivity index (χ0n) is 11.5. The second kappa shape index (κ2) is 6.00. The van der Waals surface area contributed by atoms with Crippen LogP contribution in [-0.2, 0) is 0 Å². The number of benzene rings is 2. The number of aliphatic hydroxyl groups excluding tert-OH is 1. The largest absolute Gasteiger partial charge is 0.386 e. The first-order chi connectivity index (χ1) is 9.09. The third-order valence-electron chi connectivity index (χ3n) is 3.47. The van der Waals surface area contributed by atoms with Gasteiger partial charge in [-0.15, -0.1) is 0 Å². The van der Waals surface area contributed by atoms with E-state index in [9.17, 15) is 5.11 Å². The minimum atomic E-state index is -0.677. The van der Waals surface area contributed by atoms with Crippen molar-refractivity contribution in [2.75, 3.05) is 0 Å². The van der Waals surface area contributed by atoms with Crippen molar-refractivity contribution in [3.63, 3.8) is 0 Å². The van der Waals surface area contributed by atoms with E-state index < -0.39 is 12.1 Å². The van der Waals surface area contributed by atoms with E-state index in [4.69, 9.17) is 5.73 Å². The van der Waals surface area contributed by atoms with E-state index in [1.54, 1.807) is 0 Å². The fraction of sp³-hybridized carbons (Fsp3) is 0.294. The number of hydrogen-bond donors (Lipinski definition) is 2. The molecule has 0 spiro atoms. The minimum absolute atomic E-state index is 0.397. The molecule has 0 heterocycles. The van der Waals surface area contributed by atoms with Gasteiger partial charge in [0.05, 0.1) is 12.1 Å². The van der Waals surface area contributed by atoms with Crippen LogP contribution in [0.4, 0.5) is 0 Å². The van der Waals surface area contributed by atoms with Crippen LogP contribution in [0, 0.1) is 0 Å². The Morgan fingerprint density at radius 3 is 1.84 bits per heavy atom. The Morgan fingerprint density at radius 1 is 0.789 bits per heavy atom. The molecule has 2 aromatic carbocycles. The Bertz CT molecular complexity index is 505. The summed E-state index contributed by atoms with van der Waals surface area (Å²) >= 11 is 0. The van der Waals surface area contributed by atoms with Gasteiger partial charge in [0.15, 0.2) is 0 Å². The van der Waals surface area contributed by atoms with Crippen LogP contribution in [0.1, 0.15) is 48.6 Å². The van der Waals surface area contributed by atoms with Gasteiger partial charge in [0.25, 0.3) is 0 Å². The van der Waals surface area contributed by atoms with Crippen LogP contribution in [0.15, 0.2) is 54.6 Å². The van der Waals surface area contributed by atoms with Crippen LogP contribution in [-0.4, -0.2) is 5.11 Å². The number of rotatable bonds is 4. The Balaban J connectivity index is 2.17. The Hall–Kier alpha value is -1.64. The highest BCUT2D eigenvalue weighted by molar-refractivity contribution is 5.29. The summed E-state index contributed by atoms with van der Waals surface area (Å²) in [4.78, 5) is 0. The molecule has 2 rings (SSSR count). The van der Waals surface area contributed by atoms with E-state index in [0.29, 0.717) is 5.92 Å². The van der Waals surface area contributed by atoms with Crippen LogP contribution >= 0.6 is 0 Å². The maximum atomic E-state index is 10.3. The minimum Gasteiger partial charge on any atom is -0.386 e. The van der Waals surface area contributed by atoms with Crippen molar-refractivity contribution < 1.29 is 5.11 Å². The standard InChI is InChI=1S/C17H21NO/c1-12(2)13-8-10-15(11-9-13)17(19)16(18)14-6-4-3-5-7-14/h3-12,16-17,19H,18H2,1-2H3. The van der Waals surface area contributed by atoms with Crippen LogP contribution in [0.5, 0.6) is 0 Å². The van der Waals surface area contributed by atoms with Gasteiger partial charge in [-0.2, -0.15) is 0 Å². The van der Waals surface area contributed by atoms with Crippen molar-refractivity contribution in [3.05, 3.63) is 71.3 Å². The molecular formula is C17H21NO. The molecule has 19 heavy (non-hydrogen) atoms. The first-order valence-electron chi connectivity index (χ1n) is 6.68. The molecule has 2 nitrogen and oxygen atoms in total. The molecular weight excluding hydrogens is 234 g/mol. The number of aliphatic hydroxyl groups is 1. The quantitative estimate of drug-likeness (QED) is 0.877. The maximum Gasteiger partial charge on any atom is 0.0982 e. The molecule has 0 amide bonds. The second-order valence-corrected chi connectivity index (χ2v) is 5.20. The number of hydrogen-bond acceptors (Lipinski definition) is 2. The van der Waals surface area contributed by atoms with Gasteiger partial charge in [0.2, 0.25) is 0 Å². The van der Waals surface area contributed by atoms with E-state index in [1.165, 1.54) is 5.56 Å². The van der Waals surface area contributed by atoms with Crippen molar-refractivity contribution in [1.82, 2.24) is 0 Å². The molecule has 0 aliphatic rings. The summed E-state index contributed by atoms with van der Waals surface area (Å²) in [6, 6.07) is 17.3. The van der Waals surface area contributed by atoms with Gasteiger partial charge in [0, 0.05) is 0 Å². The highest BCUT2D eigenvalue weighted by Gasteiger charge is 2.18. The maximum absolute atomic E-state index is 10.3. The summed E-state index contributed by atoms with van der Waals surface area (Å²) in [5.41, 5.74) is 9.20. The Kier molecular flexibility index (Phi) is 4.35. The third-order valence-corrected chi connectivity index (χ3v) is 3.47. The van der Waals surface area contributed by atoms with Crippen LogP contribution in [0.2, 0.25) is 0 Å². The highest BCUT2D eigenvalue weighted by Crippen LogP contribution is 2.27. The van der Waals surface area contributed by atoms with Crippen LogP contribution in [0.3, 0.4) is 0 Å². The molecule has 0 bridgehead atoms. The topological polar surface area (TPSA) is 46.2 Å². The molecule has 0 saturated heterocycles. The van der Waals surface area contributed by atoms with Crippen molar-refractivity contribution in [3.8, 4) is 0 Å². The van der Waals surface area contributed by atoms with E-state index in [2.05, 4.69) is 26.0 Å². The van der Waals surface area contributed by atoms with Gasteiger partial charge < -0.3 is 10.8 Å². The Labute approximate surface area is 114 Å². The van der Waals surface area contributed by atoms with Gasteiger partial charge in [-0.3, -0.25) is 0 Å². The predicted octanol–water partition coefficient (Wildman–Crippen LogP) is 3.54. The zero-order chi connectivity index (χ0) is 13.8. The van der Waals surface area contributed by atoms with Crippen molar-refractivity contribution in [1.29, 1.82) is 0 Å². The Morgan fingerprint density at radius 2 is 1.32 bits per heavy atom. The smallest absolute Gasteiger partial charge is 0.0982 e. The summed E-state index contributed by atoms with van der Waals surface area (Å²) in [5.74, 6) is 0.494. The number of nitrogens with two attached hydrogens (primary N) is 1. The molecule has 2 heteroatoms. The van der Waals surface area contributed by atoms with E-state index >= 15 is 0 Å². The van der Waals surface area contributed by atoms with Gasteiger partial charge in [-0.1, -0.05) is 68.4 Å². The first-order valence-corrected chi connectivity index (χ1v) is 6.68.